The highest BCUT2D eigenvalue weighted by Crippen LogP contribution is 2.38. The van der Waals surface area contributed by atoms with Gasteiger partial charge in [0.05, 0.1) is 26.1 Å². The van der Waals surface area contributed by atoms with Crippen molar-refractivity contribution in [3.8, 4) is 0 Å². The number of amides is 1. The molecule has 0 N–H and O–H groups in total. The number of aryl methyl sites for hydroxylation is 1. The number of fused-ring (bicyclic) bond motifs is 1. The fourth-order valence-corrected chi connectivity index (χ4v) is 8.71. The molecule has 1 aliphatic heterocycles. The Morgan fingerprint density at radius 3 is 2.60 bits per heavy atom. The molecule has 0 bridgehead atoms. The molecule has 0 saturated carbocycles. The smallest absolute Gasteiger partial charge is 0.253 e. The van der Waals surface area contributed by atoms with Crippen LogP contribution in [0.2, 0.25) is 9.36 Å². The first-order valence-electron chi connectivity index (χ1n) is 10.8. The number of rotatable bonds is 6. The number of carbonyl (C=O) groups excluding carboxylic acids is 1. The number of benzene rings is 1. The Labute approximate surface area is 221 Å². The van der Waals surface area contributed by atoms with Crippen molar-refractivity contribution in [3.63, 3.8) is 0 Å². The summed E-state index contributed by atoms with van der Waals surface area (Å²) in [5.41, 5.74) is 2.53. The minimum Gasteiger partial charge on any atom is -0.282 e. The Hall–Kier alpha value is -2.08. The van der Waals surface area contributed by atoms with Gasteiger partial charge in [0, 0.05) is 18.9 Å². The van der Waals surface area contributed by atoms with Gasteiger partial charge in [-0.15, -0.1) is 11.3 Å². The molecule has 1 atom stereocenters. The maximum atomic E-state index is 14.0. The number of halogens is 2. The molecule has 4 aromatic rings. The second kappa shape index (κ2) is 9.76. The van der Waals surface area contributed by atoms with Crippen molar-refractivity contribution in [1.82, 2.24) is 14.3 Å². The third kappa shape index (κ3) is 4.71. The van der Waals surface area contributed by atoms with Crippen LogP contribution in [-0.4, -0.2) is 41.2 Å². The quantitative estimate of drug-likeness (QED) is 0.296. The van der Waals surface area contributed by atoms with E-state index in [4.69, 9.17) is 28.2 Å². The fourth-order valence-electron chi connectivity index (χ4n) is 4.12. The molecule has 12 heteroatoms. The summed E-state index contributed by atoms with van der Waals surface area (Å²) in [7, 11) is -3.87. The van der Waals surface area contributed by atoms with Crippen LogP contribution in [0.3, 0.4) is 0 Å². The van der Waals surface area contributed by atoms with Crippen molar-refractivity contribution in [2.45, 2.75) is 36.6 Å². The molecule has 1 unspecified atom stereocenters. The van der Waals surface area contributed by atoms with Crippen LogP contribution < -0.4 is 4.90 Å². The summed E-state index contributed by atoms with van der Waals surface area (Å²) in [4.78, 5) is 24.4. The molecule has 0 spiro atoms. The Balaban J connectivity index is 1.55. The van der Waals surface area contributed by atoms with Gasteiger partial charge in [-0.1, -0.05) is 40.6 Å². The second-order valence-corrected chi connectivity index (χ2v) is 13.4. The molecule has 0 aliphatic carbocycles. The zero-order valence-corrected chi connectivity index (χ0v) is 22.5. The second-order valence-electron chi connectivity index (χ2n) is 8.15. The SMILES string of the molecule is Cc1ccc(Cl)c2sc(N(Cc3ccncc3)C(=O)C3CCCN3S(=O)(=O)c3ccc(Cl)s3)nc12. The highest BCUT2D eigenvalue weighted by atomic mass is 35.5. The Morgan fingerprint density at radius 1 is 1.14 bits per heavy atom. The van der Waals surface area contributed by atoms with Gasteiger partial charge >= 0.3 is 0 Å². The molecule has 1 amide bonds. The molecule has 1 fully saturated rings. The van der Waals surface area contributed by atoms with Crippen LogP contribution in [0.15, 0.2) is 53.0 Å². The summed E-state index contributed by atoms with van der Waals surface area (Å²) in [6, 6.07) is 9.54. The number of sulfonamides is 1. The lowest BCUT2D eigenvalue weighted by Crippen LogP contribution is -2.47. The van der Waals surface area contributed by atoms with Crippen molar-refractivity contribution in [3.05, 3.63) is 69.3 Å². The van der Waals surface area contributed by atoms with Gasteiger partial charge in [-0.3, -0.25) is 14.7 Å². The third-order valence-corrected chi connectivity index (χ3v) is 11.0. The number of hydrogen-bond acceptors (Lipinski definition) is 7. The summed E-state index contributed by atoms with van der Waals surface area (Å²) >= 11 is 14.7. The van der Waals surface area contributed by atoms with Gasteiger partial charge in [-0.05, 0) is 61.2 Å². The molecule has 5 rings (SSSR count). The summed E-state index contributed by atoms with van der Waals surface area (Å²) in [5, 5.41) is 1.03. The molecular weight excluding hydrogens is 547 g/mol. The van der Waals surface area contributed by atoms with Crippen molar-refractivity contribution in [2.75, 3.05) is 11.4 Å². The van der Waals surface area contributed by atoms with E-state index in [0.717, 1.165) is 32.7 Å². The predicted molar refractivity (Wildman–Crippen MR) is 141 cm³/mol. The highest BCUT2D eigenvalue weighted by molar-refractivity contribution is 7.91. The van der Waals surface area contributed by atoms with Crippen LogP contribution in [0.5, 0.6) is 0 Å². The summed E-state index contributed by atoms with van der Waals surface area (Å²) in [6.07, 6.45) is 4.33. The number of thiazole rings is 1. The van der Waals surface area contributed by atoms with Crippen molar-refractivity contribution in [1.29, 1.82) is 0 Å². The van der Waals surface area contributed by atoms with E-state index in [1.54, 1.807) is 23.4 Å². The van der Waals surface area contributed by atoms with Gasteiger partial charge < -0.3 is 0 Å². The molecular formula is C23H20Cl2N4O3S3. The van der Waals surface area contributed by atoms with E-state index < -0.39 is 16.1 Å². The van der Waals surface area contributed by atoms with E-state index in [0.29, 0.717) is 27.3 Å². The number of carbonyl (C=O) groups is 1. The maximum absolute atomic E-state index is 14.0. The average molecular weight is 568 g/mol. The van der Waals surface area contributed by atoms with Crippen molar-refractivity contribution in [2.24, 2.45) is 0 Å². The van der Waals surface area contributed by atoms with Gasteiger partial charge in [0.1, 0.15) is 10.3 Å². The van der Waals surface area contributed by atoms with E-state index in [9.17, 15) is 13.2 Å². The lowest BCUT2D eigenvalue weighted by atomic mass is 10.2. The van der Waals surface area contributed by atoms with Crippen LogP contribution >= 0.6 is 45.9 Å². The van der Waals surface area contributed by atoms with Gasteiger partial charge in [0.15, 0.2) is 5.13 Å². The standard InChI is InChI=1S/C23H20Cl2N4O3S3/c1-14-4-5-16(24)21-20(14)27-23(34-21)28(13-15-8-10-26-11-9-15)22(30)17-3-2-12-29(17)35(31,32)19-7-6-18(25)33-19/h4-11,17H,2-3,12-13H2,1H3. The van der Waals surface area contributed by atoms with Crippen LogP contribution in [0.4, 0.5) is 5.13 Å². The Kier molecular flexibility index (Phi) is 6.86. The first-order valence-corrected chi connectivity index (χ1v) is 14.6. The molecule has 0 radical (unpaired) electrons. The number of anilines is 1. The minimum atomic E-state index is -3.87. The number of pyridine rings is 1. The first-order chi connectivity index (χ1) is 16.8. The normalized spacial score (nSPS) is 16.7. The number of thiophene rings is 1. The van der Waals surface area contributed by atoms with Gasteiger partial charge in [-0.2, -0.15) is 4.31 Å². The van der Waals surface area contributed by atoms with E-state index in [1.807, 2.05) is 31.2 Å². The fraction of sp³-hybridized carbons (Fsp3) is 0.261. The van der Waals surface area contributed by atoms with Crippen LogP contribution in [0.25, 0.3) is 10.2 Å². The topological polar surface area (TPSA) is 83.5 Å². The zero-order chi connectivity index (χ0) is 24.7. The average Bonchev–Trinajstić information content (AvgIpc) is 3.60. The Morgan fingerprint density at radius 2 is 1.91 bits per heavy atom. The summed E-state index contributed by atoms with van der Waals surface area (Å²) < 4.78 is 29.4. The largest absolute Gasteiger partial charge is 0.282 e. The molecule has 7 nitrogen and oxygen atoms in total. The van der Waals surface area contributed by atoms with Crippen LogP contribution in [-0.2, 0) is 21.4 Å². The first kappa shape index (κ1) is 24.6. The van der Waals surface area contributed by atoms with Crippen LogP contribution in [0, 0.1) is 6.92 Å². The summed E-state index contributed by atoms with van der Waals surface area (Å²) in [5.74, 6) is -0.321. The Bertz CT molecular complexity index is 1470. The molecule has 4 heterocycles. The lowest BCUT2D eigenvalue weighted by Gasteiger charge is -2.28. The number of nitrogens with zero attached hydrogens (tertiary/aromatic N) is 4. The third-order valence-electron chi connectivity index (χ3n) is 5.87. The molecule has 35 heavy (non-hydrogen) atoms. The van der Waals surface area contributed by atoms with Crippen molar-refractivity contribution < 1.29 is 13.2 Å². The van der Waals surface area contributed by atoms with Crippen LogP contribution in [0.1, 0.15) is 24.0 Å². The van der Waals surface area contributed by atoms with Gasteiger partial charge in [0.2, 0.25) is 5.91 Å². The molecule has 182 valence electrons. The zero-order valence-electron chi connectivity index (χ0n) is 18.5. The van der Waals surface area contributed by atoms with E-state index in [1.165, 1.54) is 21.7 Å². The molecule has 1 aliphatic rings. The number of hydrogen-bond donors (Lipinski definition) is 0. The van der Waals surface area contributed by atoms with Crippen molar-refractivity contribution >= 4 is 77.2 Å². The van der Waals surface area contributed by atoms with Gasteiger partial charge in [0.25, 0.3) is 10.0 Å². The monoisotopic (exact) mass is 566 g/mol. The summed E-state index contributed by atoms with van der Waals surface area (Å²) in [6.45, 7) is 2.43. The predicted octanol–water partition coefficient (Wildman–Crippen LogP) is 5.75. The highest BCUT2D eigenvalue weighted by Gasteiger charge is 2.42. The minimum absolute atomic E-state index is 0.130. The van der Waals surface area contributed by atoms with E-state index in [-0.39, 0.29) is 23.2 Å². The molecule has 1 aromatic carbocycles. The maximum Gasteiger partial charge on any atom is 0.253 e. The van der Waals surface area contributed by atoms with E-state index >= 15 is 0 Å². The van der Waals surface area contributed by atoms with E-state index in [2.05, 4.69) is 4.98 Å². The molecule has 1 saturated heterocycles. The van der Waals surface area contributed by atoms with Gasteiger partial charge in [-0.25, -0.2) is 13.4 Å². The lowest BCUT2D eigenvalue weighted by molar-refractivity contribution is -0.121. The molecule has 3 aromatic heterocycles. The number of aromatic nitrogens is 2.